The summed E-state index contributed by atoms with van der Waals surface area (Å²) in [6.45, 7) is 8.63. The third-order valence-corrected chi connectivity index (χ3v) is 4.22. The lowest BCUT2D eigenvalue weighted by atomic mass is 10.0. The molecule has 1 heterocycles. The van der Waals surface area contributed by atoms with Crippen LogP contribution >= 0.6 is 24.0 Å². The van der Waals surface area contributed by atoms with Gasteiger partial charge >= 0.3 is 0 Å². The van der Waals surface area contributed by atoms with Crippen LogP contribution in [0.15, 0.2) is 47.5 Å². The average molecular weight is 481 g/mol. The number of benzene rings is 1. The van der Waals surface area contributed by atoms with Gasteiger partial charge in [-0.25, -0.2) is 9.98 Å². The summed E-state index contributed by atoms with van der Waals surface area (Å²) in [5, 5.41) is 6.75. The Morgan fingerprint density at radius 3 is 2.44 bits per heavy atom. The molecule has 2 rings (SSSR count). The maximum Gasteiger partial charge on any atom is 0.191 e. The molecule has 0 radical (unpaired) electrons. The predicted octanol–water partition coefficient (Wildman–Crippen LogP) is 3.93. The van der Waals surface area contributed by atoms with Crippen molar-refractivity contribution < 1.29 is 0 Å². The Morgan fingerprint density at radius 2 is 1.81 bits per heavy atom. The Bertz CT molecular complexity index is 713. The Balaban J connectivity index is 0.00000364. The van der Waals surface area contributed by atoms with Crippen LogP contribution in [0.5, 0.6) is 0 Å². The van der Waals surface area contributed by atoms with Crippen LogP contribution in [0.25, 0.3) is 0 Å². The van der Waals surface area contributed by atoms with Crippen molar-refractivity contribution in [2.45, 2.75) is 33.2 Å². The van der Waals surface area contributed by atoms with Crippen molar-refractivity contribution in [2.24, 2.45) is 4.99 Å². The second-order valence-electron chi connectivity index (χ2n) is 6.77. The van der Waals surface area contributed by atoms with Gasteiger partial charge in [0.2, 0.25) is 0 Å². The van der Waals surface area contributed by atoms with Gasteiger partial charge in [0.1, 0.15) is 5.82 Å². The molecule has 0 aliphatic heterocycles. The fraction of sp³-hybridized carbons (Fsp3) is 0.429. The molecule has 2 N–H and O–H groups in total. The van der Waals surface area contributed by atoms with Gasteiger partial charge in [-0.1, -0.05) is 42.8 Å². The monoisotopic (exact) mass is 481 g/mol. The number of guanidine groups is 1. The molecule has 5 nitrogen and oxygen atoms in total. The van der Waals surface area contributed by atoms with Crippen molar-refractivity contribution in [1.29, 1.82) is 0 Å². The highest BCUT2D eigenvalue weighted by atomic mass is 127. The number of nitrogens with zero attached hydrogens (tertiary/aromatic N) is 3. The first-order chi connectivity index (χ1) is 12.5. The Morgan fingerprint density at radius 1 is 1.11 bits per heavy atom. The number of hydrogen-bond acceptors (Lipinski definition) is 3. The minimum absolute atomic E-state index is 0. The van der Waals surface area contributed by atoms with E-state index in [4.69, 9.17) is 0 Å². The van der Waals surface area contributed by atoms with Crippen molar-refractivity contribution in [1.82, 2.24) is 15.6 Å². The van der Waals surface area contributed by atoms with E-state index < -0.39 is 0 Å². The Labute approximate surface area is 180 Å². The van der Waals surface area contributed by atoms with Gasteiger partial charge < -0.3 is 15.5 Å². The van der Waals surface area contributed by atoms with Crippen molar-refractivity contribution >= 4 is 35.8 Å². The van der Waals surface area contributed by atoms with Crippen molar-refractivity contribution in [3.05, 3.63) is 59.3 Å². The van der Waals surface area contributed by atoms with Gasteiger partial charge in [0, 0.05) is 27.2 Å². The maximum absolute atomic E-state index is 4.68. The highest BCUT2D eigenvalue weighted by Crippen LogP contribution is 2.14. The molecule has 1 unspecified atom stereocenters. The summed E-state index contributed by atoms with van der Waals surface area (Å²) in [5.41, 5.74) is 3.58. The molecule has 0 amide bonds. The number of halogens is 1. The molecule has 148 valence electrons. The molecule has 2 aromatic rings. The average Bonchev–Trinajstić information content (AvgIpc) is 2.64. The molecule has 0 spiro atoms. The molecule has 0 saturated carbocycles. The van der Waals surface area contributed by atoms with E-state index in [-0.39, 0.29) is 24.0 Å². The van der Waals surface area contributed by atoms with Crippen LogP contribution in [0.1, 0.15) is 36.6 Å². The zero-order valence-corrected chi connectivity index (χ0v) is 19.3. The number of pyridine rings is 1. The molecule has 1 aromatic heterocycles. The summed E-state index contributed by atoms with van der Waals surface area (Å²) >= 11 is 0. The lowest BCUT2D eigenvalue weighted by Gasteiger charge is -2.16. The first-order valence-electron chi connectivity index (χ1n) is 9.21. The van der Waals surface area contributed by atoms with E-state index in [0.717, 1.165) is 30.6 Å². The SMILES string of the molecule is CCNC(=NCc1cccc(N(C)C)n1)NCC(C)c1ccc(C)cc1.I. The lowest BCUT2D eigenvalue weighted by Crippen LogP contribution is -2.39. The smallest absolute Gasteiger partial charge is 0.191 e. The van der Waals surface area contributed by atoms with E-state index in [0.29, 0.717) is 12.5 Å². The molecule has 0 bridgehead atoms. The van der Waals surface area contributed by atoms with E-state index in [1.807, 2.05) is 37.2 Å². The van der Waals surface area contributed by atoms with Gasteiger partial charge in [0.15, 0.2) is 5.96 Å². The van der Waals surface area contributed by atoms with Gasteiger partial charge in [-0.05, 0) is 37.5 Å². The van der Waals surface area contributed by atoms with Gasteiger partial charge in [-0.3, -0.25) is 0 Å². The normalized spacial score (nSPS) is 12.1. The third-order valence-electron chi connectivity index (χ3n) is 4.22. The van der Waals surface area contributed by atoms with Gasteiger partial charge in [0.25, 0.3) is 0 Å². The molecule has 0 aliphatic rings. The zero-order chi connectivity index (χ0) is 18.9. The molecule has 0 fully saturated rings. The first kappa shape index (κ1) is 23.2. The minimum atomic E-state index is 0. The van der Waals surface area contributed by atoms with Crippen LogP contribution < -0.4 is 15.5 Å². The van der Waals surface area contributed by atoms with Crippen LogP contribution in [0.2, 0.25) is 0 Å². The molecule has 1 atom stereocenters. The van der Waals surface area contributed by atoms with Crippen molar-refractivity contribution in [3.8, 4) is 0 Å². The molecule has 27 heavy (non-hydrogen) atoms. The first-order valence-corrected chi connectivity index (χ1v) is 9.21. The number of aromatic nitrogens is 1. The molecule has 6 heteroatoms. The molecule has 0 aliphatic carbocycles. The molecule has 1 aromatic carbocycles. The van der Waals surface area contributed by atoms with Crippen LogP contribution in [-0.4, -0.2) is 38.1 Å². The van der Waals surface area contributed by atoms with E-state index in [1.54, 1.807) is 0 Å². The fourth-order valence-electron chi connectivity index (χ4n) is 2.57. The van der Waals surface area contributed by atoms with Gasteiger partial charge in [0.05, 0.1) is 12.2 Å². The van der Waals surface area contributed by atoms with Crippen molar-refractivity contribution in [2.75, 3.05) is 32.1 Å². The number of anilines is 1. The van der Waals surface area contributed by atoms with Crippen LogP contribution in [-0.2, 0) is 6.54 Å². The Kier molecular flexibility index (Phi) is 10.1. The zero-order valence-electron chi connectivity index (χ0n) is 17.0. The van der Waals surface area contributed by atoms with Crippen LogP contribution in [0.3, 0.4) is 0 Å². The number of aryl methyl sites for hydroxylation is 1. The van der Waals surface area contributed by atoms with Crippen molar-refractivity contribution in [3.63, 3.8) is 0 Å². The Hall–Kier alpha value is -1.83. The second kappa shape index (κ2) is 11.8. The van der Waals surface area contributed by atoms with Crippen LogP contribution in [0, 0.1) is 6.92 Å². The summed E-state index contributed by atoms with van der Waals surface area (Å²) in [6.07, 6.45) is 0. The van der Waals surface area contributed by atoms with Gasteiger partial charge in [-0.2, -0.15) is 0 Å². The van der Waals surface area contributed by atoms with Gasteiger partial charge in [-0.15, -0.1) is 24.0 Å². The maximum atomic E-state index is 4.68. The molecule has 0 saturated heterocycles. The largest absolute Gasteiger partial charge is 0.363 e. The topological polar surface area (TPSA) is 52.6 Å². The number of hydrogen-bond donors (Lipinski definition) is 2. The van der Waals surface area contributed by atoms with Crippen LogP contribution in [0.4, 0.5) is 5.82 Å². The van der Waals surface area contributed by atoms with E-state index in [2.05, 4.69) is 65.6 Å². The lowest BCUT2D eigenvalue weighted by molar-refractivity contribution is 0.699. The summed E-state index contributed by atoms with van der Waals surface area (Å²) < 4.78 is 0. The number of rotatable bonds is 7. The third kappa shape index (κ3) is 7.74. The highest BCUT2D eigenvalue weighted by Gasteiger charge is 2.07. The van der Waals surface area contributed by atoms with E-state index in [9.17, 15) is 0 Å². The summed E-state index contributed by atoms with van der Waals surface area (Å²) in [7, 11) is 3.99. The number of nitrogens with one attached hydrogen (secondary N) is 2. The standard InChI is InChI=1S/C21H31N5.HI/c1-6-22-21(23-14-17(3)18-12-10-16(2)11-13-18)24-15-19-8-7-9-20(25-19)26(4)5;/h7-13,17H,6,14-15H2,1-5H3,(H2,22,23,24);1H. The summed E-state index contributed by atoms with van der Waals surface area (Å²) in [4.78, 5) is 11.3. The minimum Gasteiger partial charge on any atom is -0.363 e. The molecular weight excluding hydrogens is 449 g/mol. The molecular formula is C21H32IN5. The second-order valence-corrected chi connectivity index (χ2v) is 6.77. The highest BCUT2D eigenvalue weighted by molar-refractivity contribution is 14.0. The quantitative estimate of drug-likeness (QED) is 0.358. The van der Waals surface area contributed by atoms with E-state index >= 15 is 0 Å². The fourth-order valence-corrected chi connectivity index (χ4v) is 2.57. The van der Waals surface area contributed by atoms with E-state index in [1.165, 1.54) is 11.1 Å². The predicted molar refractivity (Wildman–Crippen MR) is 126 cm³/mol. The number of aliphatic imine (C=N–C) groups is 1. The summed E-state index contributed by atoms with van der Waals surface area (Å²) in [5.74, 6) is 2.18. The summed E-state index contributed by atoms with van der Waals surface area (Å²) in [6, 6.07) is 14.7.